The molecule has 0 heterocycles. The summed E-state index contributed by atoms with van der Waals surface area (Å²) in [6.45, 7) is 0.967. The smallest absolute Gasteiger partial charge is 0.303 e. The zero-order valence-electron chi connectivity index (χ0n) is 33.5. The molecule has 0 saturated heterocycles. The van der Waals surface area contributed by atoms with Gasteiger partial charge in [0.05, 0.1) is 0 Å². The molecule has 0 fully saturated rings. The van der Waals surface area contributed by atoms with Gasteiger partial charge in [-0.2, -0.15) is 0 Å². The molecule has 0 amide bonds. The summed E-state index contributed by atoms with van der Waals surface area (Å²) in [5, 5.41) is 8.66. The van der Waals surface area contributed by atoms with Gasteiger partial charge in [-0.05, 0) is 12.8 Å². The molecular weight excluding hydrogens is 601 g/mol. The molecule has 0 atom stereocenters. The van der Waals surface area contributed by atoms with Crippen LogP contribution in [0, 0.1) is 0 Å². The summed E-state index contributed by atoms with van der Waals surface area (Å²) >= 11 is 0. The lowest BCUT2D eigenvalue weighted by molar-refractivity contribution is -0.137. The molecule has 4 N–H and O–H groups in total. The second-order valence-electron chi connectivity index (χ2n) is 15.9. The van der Waals surface area contributed by atoms with E-state index in [2.05, 4.69) is 5.43 Å². The molecule has 0 aliphatic carbocycles. The van der Waals surface area contributed by atoms with Crippen molar-refractivity contribution in [2.45, 2.75) is 276 Å². The second-order valence-corrected chi connectivity index (χ2v) is 15.9. The Morgan fingerprint density at radius 1 is 0.286 bits per heavy atom. The van der Waals surface area contributed by atoms with Crippen LogP contribution in [0.5, 0.6) is 0 Å². The molecule has 0 radical (unpaired) electrons. The van der Waals surface area contributed by atoms with Gasteiger partial charge in [0.15, 0.2) is 0 Å². The van der Waals surface area contributed by atoms with Crippen molar-refractivity contribution in [2.75, 3.05) is 6.54 Å². The zero-order chi connectivity index (χ0) is 35.4. The van der Waals surface area contributed by atoms with Crippen LogP contribution >= 0.6 is 0 Å². The first-order chi connectivity index (χ1) is 24.3. The fourth-order valence-electron chi connectivity index (χ4n) is 7.57. The Morgan fingerprint density at radius 2 is 0.429 bits per heavy atom. The monoisotopic (exact) mass is 693 g/mol. The van der Waals surface area contributed by atoms with Crippen molar-refractivity contribution in [3.8, 4) is 0 Å². The highest BCUT2D eigenvalue weighted by Crippen LogP contribution is 2.18. The second kappa shape index (κ2) is 45.4. The minimum absolute atomic E-state index is 0.346. The molecule has 0 aromatic carbocycles. The van der Waals surface area contributed by atoms with E-state index in [0.29, 0.717) is 6.42 Å². The molecule has 4 heteroatoms. The molecule has 0 aromatic rings. The number of carbonyl (C=O) groups is 1. The van der Waals surface area contributed by atoms with E-state index in [0.717, 1.165) is 19.4 Å². The topological polar surface area (TPSA) is 75.3 Å². The van der Waals surface area contributed by atoms with Gasteiger partial charge in [0, 0.05) is 13.0 Å². The van der Waals surface area contributed by atoms with Gasteiger partial charge in [0.1, 0.15) is 0 Å². The largest absolute Gasteiger partial charge is 0.481 e. The highest BCUT2D eigenvalue weighted by Gasteiger charge is 1.99. The molecular formula is C45H92N2O2. The molecule has 0 rings (SSSR count). The Bertz CT molecular complexity index is 599. The van der Waals surface area contributed by atoms with Crippen molar-refractivity contribution in [2.24, 2.45) is 5.84 Å². The van der Waals surface area contributed by atoms with Gasteiger partial charge in [-0.25, -0.2) is 0 Å². The number of carboxylic acids is 1. The molecule has 49 heavy (non-hydrogen) atoms. The van der Waals surface area contributed by atoms with E-state index in [1.165, 1.54) is 257 Å². The average Bonchev–Trinajstić information content (AvgIpc) is 3.10. The number of rotatable bonds is 45. The van der Waals surface area contributed by atoms with Gasteiger partial charge in [0.25, 0.3) is 0 Å². The van der Waals surface area contributed by atoms with Crippen molar-refractivity contribution < 1.29 is 9.90 Å². The van der Waals surface area contributed by atoms with E-state index in [1.54, 1.807) is 0 Å². The third kappa shape index (κ3) is 47.4. The zero-order valence-corrected chi connectivity index (χ0v) is 33.5. The molecule has 0 aliphatic rings. The van der Waals surface area contributed by atoms with Crippen LogP contribution in [0.15, 0.2) is 0 Å². The Labute approximate surface area is 309 Å². The van der Waals surface area contributed by atoms with E-state index in [9.17, 15) is 4.79 Å². The van der Waals surface area contributed by atoms with Crippen LogP contribution in [0.3, 0.4) is 0 Å². The molecule has 294 valence electrons. The van der Waals surface area contributed by atoms with Gasteiger partial charge in [-0.1, -0.05) is 257 Å². The molecule has 0 unspecified atom stereocenters. The predicted molar refractivity (Wildman–Crippen MR) is 218 cm³/mol. The number of hydrogen-bond donors (Lipinski definition) is 3. The number of hydrazine groups is 1. The number of hydrogen-bond acceptors (Lipinski definition) is 3. The highest BCUT2D eigenvalue weighted by molar-refractivity contribution is 5.66. The maximum Gasteiger partial charge on any atom is 0.303 e. The van der Waals surface area contributed by atoms with Crippen molar-refractivity contribution in [1.82, 2.24) is 5.43 Å². The summed E-state index contributed by atoms with van der Waals surface area (Å²) in [5.74, 6) is 4.66. The Hall–Kier alpha value is -0.610. The van der Waals surface area contributed by atoms with Crippen LogP contribution < -0.4 is 11.3 Å². The average molecular weight is 693 g/mol. The standard InChI is InChI=1S/C45H92N2O2/c46-47-44-42-40-38-36-34-32-30-28-26-24-22-20-18-16-14-12-10-8-6-4-2-1-3-5-7-9-11-13-15-17-19-21-23-25-27-29-31-33-35-37-39-41-43-45(48)49/h47H,1-44,46H2,(H,48,49). The number of aliphatic carboxylic acids is 1. The number of nitrogens with two attached hydrogens (primary N) is 1. The first-order valence-electron chi connectivity index (χ1n) is 22.9. The maximum atomic E-state index is 10.5. The Kier molecular flexibility index (Phi) is 44.8. The van der Waals surface area contributed by atoms with Crippen molar-refractivity contribution in [3.63, 3.8) is 0 Å². The molecule has 4 nitrogen and oxygen atoms in total. The molecule has 0 spiro atoms. The third-order valence-electron chi connectivity index (χ3n) is 11.0. The molecule has 0 aliphatic heterocycles. The van der Waals surface area contributed by atoms with E-state index in [1.807, 2.05) is 0 Å². The Balaban J connectivity index is 3.05. The lowest BCUT2D eigenvalue weighted by atomic mass is 10.0. The van der Waals surface area contributed by atoms with E-state index < -0.39 is 5.97 Å². The highest BCUT2D eigenvalue weighted by atomic mass is 16.4. The summed E-state index contributed by atoms with van der Waals surface area (Å²) < 4.78 is 0. The van der Waals surface area contributed by atoms with E-state index in [4.69, 9.17) is 10.9 Å². The number of nitrogens with one attached hydrogen (secondary N) is 1. The summed E-state index contributed by atoms with van der Waals surface area (Å²) in [6.07, 6.45) is 59.6. The lowest BCUT2D eigenvalue weighted by Gasteiger charge is -2.05. The lowest BCUT2D eigenvalue weighted by Crippen LogP contribution is -2.22. The molecule has 0 aromatic heterocycles. The van der Waals surface area contributed by atoms with Crippen LogP contribution in [-0.4, -0.2) is 17.6 Å². The van der Waals surface area contributed by atoms with Crippen molar-refractivity contribution in [3.05, 3.63) is 0 Å². The number of carboxylic acid groups (broad SMARTS) is 1. The number of unbranched alkanes of at least 4 members (excludes halogenated alkanes) is 41. The maximum absolute atomic E-state index is 10.5. The van der Waals surface area contributed by atoms with Crippen LogP contribution in [0.1, 0.15) is 276 Å². The molecule has 0 saturated carbocycles. The first-order valence-corrected chi connectivity index (χ1v) is 22.9. The Morgan fingerprint density at radius 3 is 0.571 bits per heavy atom. The summed E-state index contributed by atoms with van der Waals surface area (Å²) in [4.78, 5) is 10.5. The van der Waals surface area contributed by atoms with Gasteiger partial charge >= 0.3 is 5.97 Å². The van der Waals surface area contributed by atoms with Crippen LogP contribution in [-0.2, 0) is 4.79 Å². The van der Waals surface area contributed by atoms with E-state index >= 15 is 0 Å². The fourth-order valence-corrected chi connectivity index (χ4v) is 7.57. The third-order valence-corrected chi connectivity index (χ3v) is 11.0. The van der Waals surface area contributed by atoms with Crippen LogP contribution in [0.2, 0.25) is 0 Å². The van der Waals surface area contributed by atoms with Gasteiger partial charge in [0.2, 0.25) is 0 Å². The van der Waals surface area contributed by atoms with Crippen LogP contribution in [0.4, 0.5) is 0 Å². The van der Waals surface area contributed by atoms with E-state index in [-0.39, 0.29) is 0 Å². The normalized spacial score (nSPS) is 11.5. The fraction of sp³-hybridized carbons (Fsp3) is 0.978. The minimum Gasteiger partial charge on any atom is -0.481 e. The summed E-state index contributed by atoms with van der Waals surface area (Å²) in [6, 6.07) is 0. The van der Waals surface area contributed by atoms with Crippen molar-refractivity contribution >= 4 is 5.97 Å². The SMILES string of the molecule is NNCCCCCCCCCCCCCCCCCCCCCCCCCCCCCCCCCCCCCCCCCCCCC(=O)O. The van der Waals surface area contributed by atoms with Gasteiger partial charge < -0.3 is 5.11 Å². The predicted octanol–water partition coefficient (Wildman–Crippen LogP) is 15.3. The summed E-state index contributed by atoms with van der Waals surface area (Å²) in [7, 11) is 0. The quantitative estimate of drug-likeness (QED) is 0.0337. The van der Waals surface area contributed by atoms with Crippen LogP contribution in [0.25, 0.3) is 0 Å². The van der Waals surface area contributed by atoms with Gasteiger partial charge in [-0.3, -0.25) is 16.1 Å². The van der Waals surface area contributed by atoms with Crippen molar-refractivity contribution in [1.29, 1.82) is 0 Å². The first kappa shape index (κ1) is 48.4. The summed E-state index contributed by atoms with van der Waals surface area (Å²) in [5.41, 5.74) is 2.74. The van der Waals surface area contributed by atoms with Gasteiger partial charge in [-0.15, -0.1) is 0 Å². The minimum atomic E-state index is -0.648. The molecule has 0 bridgehead atoms.